The molecule has 1 N–H and O–H groups in total. The maximum atomic E-state index is 13.5. The summed E-state index contributed by atoms with van der Waals surface area (Å²) in [5.41, 5.74) is 1.06. The number of nitrogens with one attached hydrogen (secondary N) is 1. The van der Waals surface area contributed by atoms with Crippen molar-refractivity contribution in [3.8, 4) is 0 Å². The minimum atomic E-state index is -0.114. The molecule has 3 heteroatoms. The Morgan fingerprint density at radius 1 is 1.33 bits per heavy atom. The second kappa shape index (κ2) is 6.58. The second-order valence-electron chi connectivity index (χ2n) is 5.48. The third-order valence-electron chi connectivity index (χ3n) is 3.07. The molecule has 1 aromatic carbocycles. The van der Waals surface area contributed by atoms with Gasteiger partial charge in [0.05, 0.1) is 0 Å². The van der Waals surface area contributed by atoms with Crippen LogP contribution in [0.2, 0.25) is 0 Å². The Bertz CT molecular complexity index is 388. The largest absolute Gasteiger partial charge is 0.310 e. The van der Waals surface area contributed by atoms with Gasteiger partial charge in [-0.15, -0.1) is 11.8 Å². The van der Waals surface area contributed by atoms with Crippen molar-refractivity contribution >= 4 is 11.8 Å². The topological polar surface area (TPSA) is 12.0 Å². The molecule has 0 heterocycles. The molecule has 1 aliphatic rings. The zero-order valence-corrected chi connectivity index (χ0v) is 12.0. The highest BCUT2D eigenvalue weighted by atomic mass is 32.2. The molecule has 2 rings (SSSR count). The maximum Gasteiger partial charge on any atom is 0.124 e. The van der Waals surface area contributed by atoms with E-state index in [1.165, 1.54) is 19.3 Å². The number of thioether (sulfide) groups is 1. The van der Waals surface area contributed by atoms with E-state index in [9.17, 15) is 4.39 Å². The van der Waals surface area contributed by atoms with Gasteiger partial charge >= 0.3 is 0 Å². The fourth-order valence-corrected chi connectivity index (χ4v) is 3.02. The van der Waals surface area contributed by atoms with E-state index < -0.39 is 0 Å². The molecule has 1 fully saturated rings. The van der Waals surface area contributed by atoms with Crippen LogP contribution in [-0.2, 0) is 6.54 Å². The van der Waals surface area contributed by atoms with Crippen LogP contribution in [0.5, 0.6) is 0 Å². The molecular weight excluding hydrogens is 245 g/mol. The standard InChI is InChI=1S/C15H22FNS/c1-11(2)5-6-18-15-8-12(7-13(16)9-15)10-17-14-3-4-14/h7-9,11,14,17H,3-6,10H2,1-2H3. The first kappa shape index (κ1) is 13.9. The van der Waals surface area contributed by atoms with Crippen LogP contribution in [0, 0.1) is 11.7 Å². The normalized spacial score (nSPS) is 15.3. The van der Waals surface area contributed by atoms with Gasteiger partial charge in [-0.25, -0.2) is 4.39 Å². The minimum Gasteiger partial charge on any atom is -0.310 e. The van der Waals surface area contributed by atoms with Crippen LogP contribution >= 0.6 is 11.8 Å². The summed E-state index contributed by atoms with van der Waals surface area (Å²) in [7, 11) is 0. The van der Waals surface area contributed by atoms with Gasteiger partial charge in [-0.05, 0) is 54.7 Å². The SMILES string of the molecule is CC(C)CCSc1cc(F)cc(CNC2CC2)c1. The van der Waals surface area contributed by atoms with Crippen molar-refractivity contribution in [3.05, 3.63) is 29.6 Å². The van der Waals surface area contributed by atoms with Gasteiger partial charge in [0.1, 0.15) is 5.82 Å². The van der Waals surface area contributed by atoms with E-state index in [1.54, 1.807) is 23.9 Å². The number of hydrogen-bond donors (Lipinski definition) is 1. The van der Waals surface area contributed by atoms with Gasteiger partial charge in [-0.3, -0.25) is 0 Å². The van der Waals surface area contributed by atoms with E-state index in [-0.39, 0.29) is 5.82 Å². The molecule has 1 aromatic rings. The summed E-state index contributed by atoms with van der Waals surface area (Å²) in [4.78, 5) is 1.06. The van der Waals surface area contributed by atoms with Crippen molar-refractivity contribution in [3.63, 3.8) is 0 Å². The highest BCUT2D eigenvalue weighted by molar-refractivity contribution is 7.99. The van der Waals surface area contributed by atoms with Crippen LogP contribution in [0.1, 0.15) is 38.7 Å². The molecule has 1 nitrogen and oxygen atoms in total. The van der Waals surface area contributed by atoms with Crippen molar-refractivity contribution in [2.45, 2.75) is 50.6 Å². The molecule has 0 amide bonds. The van der Waals surface area contributed by atoms with E-state index in [0.717, 1.165) is 22.8 Å². The van der Waals surface area contributed by atoms with Crippen LogP contribution in [0.15, 0.2) is 23.1 Å². The average Bonchev–Trinajstić information content (AvgIpc) is 3.09. The van der Waals surface area contributed by atoms with Crippen molar-refractivity contribution in [2.24, 2.45) is 5.92 Å². The summed E-state index contributed by atoms with van der Waals surface area (Å²) in [6, 6.07) is 6.07. The Morgan fingerprint density at radius 2 is 2.11 bits per heavy atom. The van der Waals surface area contributed by atoms with Gasteiger partial charge < -0.3 is 5.32 Å². The molecule has 0 aromatic heterocycles. The zero-order chi connectivity index (χ0) is 13.0. The third kappa shape index (κ3) is 4.99. The number of rotatable bonds is 7. The first-order valence-electron chi connectivity index (χ1n) is 6.79. The summed E-state index contributed by atoms with van der Waals surface area (Å²) < 4.78 is 13.5. The smallest absolute Gasteiger partial charge is 0.124 e. The van der Waals surface area contributed by atoms with Crippen LogP contribution < -0.4 is 5.32 Å². The summed E-state index contributed by atoms with van der Waals surface area (Å²) in [5, 5.41) is 3.43. The van der Waals surface area contributed by atoms with Gasteiger partial charge in [0, 0.05) is 17.5 Å². The molecule has 1 saturated carbocycles. The average molecular weight is 267 g/mol. The summed E-state index contributed by atoms with van der Waals surface area (Å²) >= 11 is 1.76. The van der Waals surface area contributed by atoms with Gasteiger partial charge in [0.25, 0.3) is 0 Å². The first-order valence-corrected chi connectivity index (χ1v) is 7.77. The monoisotopic (exact) mass is 267 g/mol. The molecule has 100 valence electrons. The number of hydrogen-bond acceptors (Lipinski definition) is 2. The van der Waals surface area contributed by atoms with Crippen molar-refractivity contribution in [1.82, 2.24) is 5.32 Å². The van der Waals surface area contributed by atoms with E-state index in [1.807, 2.05) is 0 Å². The van der Waals surface area contributed by atoms with E-state index in [2.05, 4.69) is 25.2 Å². The molecule has 0 spiro atoms. The van der Waals surface area contributed by atoms with Crippen molar-refractivity contribution in [1.29, 1.82) is 0 Å². The van der Waals surface area contributed by atoms with Crippen LogP contribution in [-0.4, -0.2) is 11.8 Å². The number of halogens is 1. The number of benzene rings is 1. The molecule has 1 aliphatic carbocycles. The van der Waals surface area contributed by atoms with Gasteiger partial charge in [0.15, 0.2) is 0 Å². The lowest BCUT2D eigenvalue weighted by Gasteiger charge is -2.08. The Morgan fingerprint density at radius 3 is 2.78 bits per heavy atom. The van der Waals surface area contributed by atoms with Gasteiger partial charge in [-0.2, -0.15) is 0 Å². The minimum absolute atomic E-state index is 0.114. The lowest BCUT2D eigenvalue weighted by Crippen LogP contribution is -2.15. The van der Waals surface area contributed by atoms with E-state index in [0.29, 0.717) is 12.0 Å². The van der Waals surface area contributed by atoms with Crippen LogP contribution in [0.25, 0.3) is 0 Å². The van der Waals surface area contributed by atoms with Gasteiger partial charge in [0.2, 0.25) is 0 Å². The molecule has 0 atom stereocenters. The fourth-order valence-electron chi connectivity index (χ4n) is 1.77. The molecule has 0 unspecified atom stereocenters. The molecule has 0 bridgehead atoms. The Labute approximate surface area is 114 Å². The predicted octanol–water partition coefficient (Wildman–Crippen LogP) is 4.22. The predicted molar refractivity (Wildman–Crippen MR) is 76.4 cm³/mol. The molecule has 0 radical (unpaired) electrons. The summed E-state index contributed by atoms with van der Waals surface area (Å²) in [6.07, 6.45) is 3.72. The van der Waals surface area contributed by atoms with Crippen LogP contribution in [0.3, 0.4) is 0 Å². The van der Waals surface area contributed by atoms with E-state index in [4.69, 9.17) is 0 Å². The quantitative estimate of drug-likeness (QED) is 0.742. The molecule has 0 aliphatic heterocycles. The zero-order valence-electron chi connectivity index (χ0n) is 11.2. The Hall–Kier alpha value is -0.540. The third-order valence-corrected chi connectivity index (χ3v) is 4.08. The molecular formula is C15H22FNS. The summed E-state index contributed by atoms with van der Waals surface area (Å²) in [6.45, 7) is 5.23. The lowest BCUT2D eigenvalue weighted by molar-refractivity contribution is 0.615. The summed E-state index contributed by atoms with van der Waals surface area (Å²) in [5.74, 6) is 1.66. The van der Waals surface area contributed by atoms with Crippen molar-refractivity contribution in [2.75, 3.05) is 5.75 Å². The maximum absolute atomic E-state index is 13.5. The van der Waals surface area contributed by atoms with Crippen molar-refractivity contribution < 1.29 is 4.39 Å². The molecule has 18 heavy (non-hydrogen) atoms. The van der Waals surface area contributed by atoms with E-state index >= 15 is 0 Å². The highest BCUT2D eigenvalue weighted by Crippen LogP contribution is 2.24. The Balaban J connectivity index is 1.87. The fraction of sp³-hybridized carbons (Fsp3) is 0.600. The van der Waals surface area contributed by atoms with Gasteiger partial charge in [-0.1, -0.05) is 13.8 Å². The molecule has 0 saturated heterocycles. The van der Waals surface area contributed by atoms with Crippen LogP contribution in [0.4, 0.5) is 4.39 Å². The Kier molecular flexibility index (Phi) is 5.07. The first-order chi connectivity index (χ1) is 8.63. The second-order valence-corrected chi connectivity index (χ2v) is 6.65. The lowest BCUT2D eigenvalue weighted by atomic mass is 10.2. The highest BCUT2D eigenvalue weighted by Gasteiger charge is 2.20.